The van der Waals surface area contributed by atoms with Crippen LogP contribution < -0.4 is 14.2 Å². The van der Waals surface area contributed by atoms with Gasteiger partial charge in [-0.25, -0.2) is 0 Å². The number of rotatable bonds is 6. The number of hydrogen-bond donors (Lipinski definition) is 0. The highest BCUT2D eigenvalue weighted by molar-refractivity contribution is 6.13. The first kappa shape index (κ1) is 22.0. The van der Waals surface area contributed by atoms with Gasteiger partial charge in [0.05, 0.1) is 12.7 Å². The molecule has 0 fully saturated rings. The number of carbonyl (C=O) groups excluding carboxylic acids is 1. The molecule has 5 rings (SSSR count). The lowest BCUT2D eigenvalue weighted by Crippen LogP contribution is -2.34. The van der Waals surface area contributed by atoms with Gasteiger partial charge in [-0.15, -0.1) is 0 Å². The van der Waals surface area contributed by atoms with Crippen molar-refractivity contribution in [2.45, 2.75) is 19.9 Å². The van der Waals surface area contributed by atoms with E-state index in [1.807, 2.05) is 73.7 Å². The number of nitrogens with zero attached hydrogens (tertiary/aromatic N) is 1. The van der Waals surface area contributed by atoms with Gasteiger partial charge in [0.15, 0.2) is 5.76 Å². The molecule has 5 heteroatoms. The first-order chi connectivity index (χ1) is 16.6. The average molecular weight is 454 g/mol. The quantitative estimate of drug-likeness (QED) is 0.457. The van der Waals surface area contributed by atoms with Crippen molar-refractivity contribution < 1.29 is 19.0 Å². The molecular weight excluding hydrogens is 426 g/mol. The van der Waals surface area contributed by atoms with Gasteiger partial charge in [0.1, 0.15) is 24.0 Å². The second kappa shape index (κ2) is 9.57. The fraction of sp³-hybridized carbons (Fsp3) is 0.207. The Kier molecular flexibility index (Phi) is 6.19. The Bertz CT molecular complexity index is 1280. The zero-order valence-electron chi connectivity index (χ0n) is 19.4. The zero-order chi connectivity index (χ0) is 23.5. The SMILES string of the molecule is COc1ccccc1CCN1COc2c(cc3c(c2C)O/C(=C\C=C\c2ccccc2)C3=O)C1. The molecule has 2 aliphatic heterocycles. The molecule has 0 aromatic heterocycles. The summed E-state index contributed by atoms with van der Waals surface area (Å²) in [6.45, 7) is 4.01. The molecule has 2 aliphatic rings. The molecule has 0 unspecified atom stereocenters. The summed E-state index contributed by atoms with van der Waals surface area (Å²) in [5, 5.41) is 0. The molecule has 3 aromatic carbocycles. The number of ether oxygens (including phenoxy) is 3. The van der Waals surface area contributed by atoms with Gasteiger partial charge in [0, 0.05) is 24.2 Å². The molecule has 2 heterocycles. The Hall–Kier alpha value is -3.83. The van der Waals surface area contributed by atoms with Crippen molar-refractivity contribution in [3.05, 3.63) is 106 Å². The number of hydrogen-bond acceptors (Lipinski definition) is 5. The molecule has 0 spiro atoms. The monoisotopic (exact) mass is 453 g/mol. The van der Waals surface area contributed by atoms with Crippen molar-refractivity contribution in [2.24, 2.45) is 0 Å². The Balaban J connectivity index is 1.31. The van der Waals surface area contributed by atoms with Crippen molar-refractivity contribution in [3.8, 4) is 17.2 Å². The van der Waals surface area contributed by atoms with Gasteiger partial charge in [-0.3, -0.25) is 9.69 Å². The van der Waals surface area contributed by atoms with Gasteiger partial charge in [0.2, 0.25) is 5.78 Å². The second-order valence-corrected chi connectivity index (χ2v) is 8.49. The molecule has 0 bridgehead atoms. The summed E-state index contributed by atoms with van der Waals surface area (Å²) in [6.07, 6.45) is 6.39. The molecule has 5 nitrogen and oxygen atoms in total. The van der Waals surface area contributed by atoms with E-state index in [2.05, 4.69) is 11.0 Å². The van der Waals surface area contributed by atoms with Gasteiger partial charge in [-0.1, -0.05) is 60.7 Å². The molecule has 0 N–H and O–H groups in total. The minimum Gasteiger partial charge on any atom is -0.496 e. The van der Waals surface area contributed by atoms with Gasteiger partial charge in [-0.2, -0.15) is 0 Å². The third-order valence-electron chi connectivity index (χ3n) is 6.23. The molecule has 0 radical (unpaired) electrons. The number of methoxy groups -OCH3 is 1. The lowest BCUT2D eigenvalue weighted by Gasteiger charge is -2.30. The highest BCUT2D eigenvalue weighted by Crippen LogP contribution is 2.42. The number of allylic oxidation sites excluding steroid dienone is 3. The number of ketones is 1. The number of benzene rings is 3. The normalized spacial score (nSPS) is 16.3. The maximum atomic E-state index is 13.0. The smallest absolute Gasteiger partial charge is 0.231 e. The van der Waals surface area contributed by atoms with Crippen molar-refractivity contribution in [3.63, 3.8) is 0 Å². The maximum Gasteiger partial charge on any atom is 0.231 e. The lowest BCUT2D eigenvalue weighted by molar-refractivity contribution is 0.0952. The van der Waals surface area contributed by atoms with E-state index in [0.717, 1.165) is 47.7 Å². The molecule has 0 aliphatic carbocycles. The minimum absolute atomic E-state index is 0.0928. The predicted octanol–water partition coefficient (Wildman–Crippen LogP) is 5.57. The minimum atomic E-state index is -0.0928. The van der Waals surface area contributed by atoms with Crippen LogP contribution in [0.1, 0.15) is 32.6 Å². The van der Waals surface area contributed by atoms with E-state index < -0.39 is 0 Å². The predicted molar refractivity (Wildman–Crippen MR) is 132 cm³/mol. The lowest BCUT2D eigenvalue weighted by atomic mass is 10.00. The summed E-state index contributed by atoms with van der Waals surface area (Å²) in [4.78, 5) is 15.3. The van der Waals surface area contributed by atoms with Crippen LogP contribution in [0.5, 0.6) is 17.2 Å². The van der Waals surface area contributed by atoms with E-state index in [1.165, 1.54) is 5.56 Å². The Morgan fingerprint density at radius 3 is 2.68 bits per heavy atom. The molecule has 0 amide bonds. The van der Waals surface area contributed by atoms with Gasteiger partial charge < -0.3 is 14.2 Å². The molecule has 0 saturated carbocycles. The van der Waals surface area contributed by atoms with Crippen LogP contribution >= 0.6 is 0 Å². The Morgan fingerprint density at radius 2 is 1.85 bits per heavy atom. The van der Waals surface area contributed by atoms with Crippen molar-refractivity contribution >= 4 is 11.9 Å². The fourth-order valence-corrected chi connectivity index (χ4v) is 4.45. The van der Waals surface area contributed by atoms with E-state index in [0.29, 0.717) is 23.8 Å². The topological polar surface area (TPSA) is 48.0 Å². The Morgan fingerprint density at radius 1 is 1.06 bits per heavy atom. The van der Waals surface area contributed by atoms with Crippen LogP contribution in [0.25, 0.3) is 6.08 Å². The number of para-hydroxylation sites is 1. The van der Waals surface area contributed by atoms with E-state index in [4.69, 9.17) is 14.2 Å². The first-order valence-corrected chi connectivity index (χ1v) is 11.4. The Labute approximate surface area is 199 Å². The largest absolute Gasteiger partial charge is 0.496 e. The molecule has 0 saturated heterocycles. The van der Waals surface area contributed by atoms with Crippen LogP contribution in [0.3, 0.4) is 0 Å². The summed E-state index contributed by atoms with van der Waals surface area (Å²) in [5.41, 5.74) is 4.73. The van der Waals surface area contributed by atoms with Crippen LogP contribution in [0, 0.1) is 6.92 Å². The summed E-state index contributed by atoms with van der Waals surface area (Å²) in [7, 11) is 1.70. The van der Waals surface area contributed by atoms with Crippen LogP contribution in [-0.4, -0.2) is 31.1 Å². The number of carbonyl (C=O) groups is 1. The van der Waals surface area contributed by atoms with Crippen LogP contribution in [0.4, 0.5) is 0 Å². The van der Waals surface area contributed by atoms with Gasteiger partial charge >= 0.3 is 0 Å². The van der Waals surface area contributed by atoms with E-state index in [9.17, 15) is 4.79 Å². The first-order valence-electron chi connectivity index (χ1n) is 11.4. The van der Waals surface area contributed by atoms with Crippen LogP contribution in [-0.2, 0) is 13.0 Å². The van der Waals surface area contributed by atoms with E-state index >= 15 is 0 Å². The average Bonchev–Trinajstić information content (AvgIpc) is 3.19. The molecule has 0 atom stereocenters. The molecule has 3 aromatic rings. The van der Waals surface area contributed by atoms with Gasteiger partial charge in [0.25, 0.3) is 0 Å². The molecular formula is C29H27NO4. The third kappa shape index (κ3) is 4.35. The van der Waals surface area contributed by atoms with Crippen molar-refractivity contribution in [1.29, 1.82) is 0 Å². The van der Waals surface area contributed by atoms with Crippen LogP contribution in [0.2, 0.25) is 0 Å². The summed E-state index contributed by atoms with van der Waals surface area (Å²) >= 11 is 0. The van der Waals surface area contributed by atoms with Crippen molar-refractivity contribution in [1.82, 2.24) is 4.90 Å². The number of Topliss-reactive ketones (excluding diaryl/α,β-unsaturated/α-hetero) is 1. The second-order valence-electron chi connectivity index (χ2n) is 8.49. The summed E-state index contributed by atoms with van der Waals surface area (Å²) in [5.74, 6) is 2.56. The summed E-state index contributed by atoms with van der Waals surface area (Å²) in [6, 6.07) is 20.0. The maximum absolute atomic E-state index is 13.0. The van der Waals surface area contributed by atoms with E-state index in [-0.39, 0.29) is 5.78 Å². The molecule has 172 valence electrons. The fourth-order valence-electron chi connectivity index (χ4n) is 4.45. The highest BCUT2D eigenvalue weighted by Gasteiger charge is 2.33. The van der Waals surface area contributed by atoms with Crippen LogP contribution in [0.15, 0.2) is 78.6 Å². The number of fused-ring (bicyclic) bond motifs is 2. The van der Waals surface area contributed by atoms with Crippen molar-refractivity contribution in [2.75, 3.05) is 20.4 Å². The van der Waals surface area contributed by atoms with Gasteiger partial charge in [-0.05, 0) is 42.7 Å². The third-order valence-corrected chi connectivity index (χ3v) is 6.23. The molecule has 34 heavy (non-hydrogen) atoms. The van der Waals surface area contributed by atoms with E-state index in [1.54, 1.807) is 13.2 Å². The standard InChI is InChI=1S/C29H27NO4/c1-20-28-23(18-30(19-33-28)16-15-22-12-6-7-13-25(22)32-2)17-24-27(31)26(34-29(20)24)14-8-11-21-9-4-3-5-10-21/h3-14,17H,15-16,18-19H2,1-2H3/b11-8+,26-14-. The highest BCUT2D eigenvalue weighted by atomic mass is 16.5. The summed E-state index contributed by atoms with van der Waals surface area (Å²) < 4.78 is 17.6. The zero-order valence-corrected chi connectivity index (χ0v) is 19.4.